The summed E-state index contributed by atoms with van der Waals surface area (Å²) in [5, 5.41) is 7.14. The molecule has 2 nitrogen and oxygen atoms in total. The molecule has 0 aromatic heterocycles. The van der Waals surface area contributed by atoms with Crippen LogP contribution in [0.5, 0.6) is 5.75 Å². The lowest BCUT2D eigenvalue weighted by molar-refractivity contribution is 0.302. The van der Waals surface area contributed by atoms with Gasteiger partial charge in [-0.25, -0.2) is 4.39 Å². The molecule has 0 bridgehead atoms. The molecule has 4 aromatic rings. The SMILES string of the molecule is Fc1ccc(COc2ccc3ccccc3c2CNCCc2ccc(Cl)cc2Cl)cc1. The molecule has 0 aliphatic carbocycles. The third kappa shape index (κ3) is 5.56. The van der Waals surface area contributed by atoms with Crippen LogP contribution in [0.25, 0.3) is 10.8 Å². The highest BCUT2D eigenvalue weighted by molar-refractivity contribution is 6.35. The van der Waals surface area contributed by atoms with E-state index in [1.54, 1.807) is 18.2 Å². The van der Waals surface area contributed by atoms with E-state index in [1.165, 1.54) is 12.1 Å². The maximum absolute atomic E-state index is 13.2. The number of halogens is 3. The van der Waals surface area contributed by atoms with Crippen molar-refractivity contribution in [3.8, 4) is 5.75 Å². The quantitative estimate of drug-likeness (QED) is 0.285. The van der Waals surface area contributed by atoms with E-state index < -0.39 is 0 Å². The van der Waals surface area contributed by atoms with Gasteiger partial charge in [-0.1, -0.05) is 71.7 Å². The van der Waals surface area contributed by atoms with E-state index in [0.717, 1.165) is 46.2 Å². The average molecular weight is 454 g/mol. The third-order valence-corrected chi connectivity index (χ3v) is 5.78. The first kappa shape index (κ1) is 21.6. The Morgan fingerprint density at radius 1 is 0.871 bits per heavy atom. The number of rotatable bonds is 8. The molecule has 5 heteroatoms. The van der Waals surface area contributed by atoms with Crippen LogP contribution >= 0.6 is 23.2 Å². The zero-order valence-corrected chi connectivity index (χ0v) is 18.4. The van der Waals surface area contributed by atoms with Crippen molar-refractivity contribution in [3.63, 3.8) is 0 Å². The van der Waals surface area contributed by atoms with Gasteiger partial charge in [0.05, 0.1) is 0 Å². The van der Waals surface area contributed by atoms with Gasteiger partial charge in [0, 0.05) is 22.2 Å². The minimum Gasteiger partial charge on any atom is -0.489 e. The maximum Gasteiger partial charge on any atom is 0.124 e. The topological polar surface area (TPSA) is 21.3 Å². The van der Waals surface area contributed by atoms with Crippen molar-refractivity contribution < 1.29 is 9.13 Å². The van der Waals surface area contributed by atoms with Gasteiger partial charge in [0.1, 0.15) is 18.2 Å². The molecule has 158 valence electrons. The molecule has 0 saturated carbocycles. The Balaban J connectivity index is 1.47. The smallest absolute Gasteiger partial charge is 0.124 e. The monoisotopic (exact) mass is 453 g/mol. The molecule has 0 heterocycles. The Morgan fingerprint density at radius 2 is 1.68 bits per heavy atom. The largest absolute Gasteiger partial charge is 0.489 e. The normalized spacial score (nSPS) is 11.1. The van der Waals surface area contributed by atoms with Gasteiger partial charge in [-0.15, -0.1) is 0 Å². The summed E-state index contributed by atoms with van der Waals surface area (Å²) in [5.41, 5.74) is 3.08. The molecule has 0 aliphatic heterocycles. The average Bonchev–Trinajstić information content (AvgIpc) is 2.78. The van der Waals surface area contributed by atoms with Crippen LogP contribution in [0.1, 0.15) is 16.7 Å². The first-order valence-corrected chi connectivity index (χ1v) is 10.9. The van der Waals surface area contributed by atoms with Crippen molar-refractivity contribution in [2.75, 3.05) is 6.54 Å². The third-order valence-electron chi connectivity index (χ3n) is 5.19. The van der Waals surface area contributed by atoms with Crippen molar-refractivity contribution in [3.05, 3.63) is 111 Å². The highest BCUT2D eigenvalue weighted by Gasteiger charge is 2.10. The van der Waals surface area contributed by atoms with Crippen LogP contribution in [0.15, 0.2) is 78.9 Å². The summed E-state index contributed by atoms with van der Waals surface area (Å²) in [7, 11) is 0. The van der Waals surface area contributed by atoms with Crippen LogP contribution in [-0.2, 0) is 19.6 Å². The van der Waals surface area contributed by atoms with Gasteiger partial charge in [0.2, 0.25) is 0 Å². The molecule has 0 spiro atoms. The van der Waals surface area contributed by atoms with Crippen molar-refractivity contribution in [1.82, 2.24) is 5.32 Å². The number of hydrogen-bond acceptors (Lipinski definition) is 2. The number of fused-ring (bicyclic) bond motifs is 1. The van der Waals surface area contributed by atoms with Crippen molar-refractivity contribution in [2.45, 2.75) is 19.6 Å². The molecule has 31 heavy (non-hydrogen) atoms. The fourth-order valence-corrected chi connectivity index (χ4v) is 4.04. The fraction of sp³-hybridized carbons (Fsp3) is 0.154. The number of nitrogens with one attached hydrogen (secondary N) is 1. The van der Waals surface area contributed by atoms with E-state index in [-0.39, 0.29) is 5.82 Å². The highest BCUT2D eigenvalue weighted by Crippen LogP contribution is 2.29. The van der Waals surface area contributed by atoms with E-state index in [4.69, 9.17) is 27.9 Å². The molecule has 0 atom stereocenters. The second kappa shape index (κ2) is 10.1. The fourth-order valence-electron chi connectivity index (χ4n) is 3.54. The molecule has 4 aromatic carbocycles. The van der Waals surface area contributed by atoms with E-state index >= 15 is 0 Å². The van der Waals surface area contributed by atoms with Gasteiger partial charge in [-0.05, 0) is 65.2 Å². The zero-order chi connectivity index (χ0) is 21.6. The van der Waals surface area contributed by atoms with Crippen LogP contribution in [0.3, 0.4) is 0 Å². The number of ether oxygens (including phenoxy) is 1. The molecule has 0 amide bonds. The van der Waals surface area contributed by atoms with Crippen LogP contribution in [-0.4, -0.2) is 6.54 Å². The van der Waals surface area contributed by atoms with Crippen LogP contribution < -0.4 is 10.1 Å². The molecule has 0 fully saturated rings. The number of hydrogen-bond donors (Lipinski definition) is 1. The highest BCUT2D eigenvalue weighted by atomic mass is 35.5. The second-order valence-electron chi connectivity index (χ2n) is 7.34. The molecule has 0 aliphatic rings. The second-order valence-corrected chi connectivity index (χ2v) is 8.18. The molecule has 0 radical (unpaired) electrons. The van der Waals surface area contributed by atoms with Gasteiger partial charge >= 0.3 is 0 Å². The van der Waals surface area contributed by atoms with Gasteiger partial charge in [0.25, 0.3) is 0 Å². The minimum absolute atomic E-state index is 0.250. The van der Waals surface area contributed by atoms with Gasteiger partial charge in [0.15, 0.2) is 0 Å². The van der Waals surface area contributed by atoms with Gasteiger partial charge in [-0.3, -0.25) is 0 Å². The summed E-state index contributed by atoms with van der Waals surface area (Å²) < 4.78 is 19.3. The summed E-state index contributed by atoms with van der Waals surface area (Å²) in [6.07, 6.45) is 0.798. The Hall–Kier alpha value is -2.59. The van der Waals surface area contributed by atoms with Crippen molar-refractivity contribution in [1.29, 1.82) is 0 Å². The standard InChI is InChI=1S/C26H22Cl2FNO/c27-21-9-7-20(25(28)15-21)13-14-30-16-24-23-4-2-1-3-19(23)8-12-26(24)31-17-18-5-10-22(29)11-6-18/h1-12,15,30H,13-14,16-17H2. The molecule has 1 N–H and O–H groups in total. The van der Waals surface area contributed by atoms with E-state index in [9.17, 15) is 4.39 Å². The van der Waals surface area contributed by atoms with Crippen molar-refractivity contribution in [2.24, 2.45) is 0 Å². The summed E-state index contributed by atoms with van der Waals surface area (Å²) in [5.74, 6) is 0.570. The summed E-state index contributed by atoms with van der Waals surface area (Å²) >= 11 is 12.3. The van der Waals surface area contributed by atoms with Crippen LogP contribution in [0.4, 0.5) is 4.39 Å². The Kier molecular flexibility index (Phi) is 7.08. The Morgan fingerprint density at radius 3 is 2.48 bits per heavy atom. The lowest BCUT2D eigenvalue weighted by atomic mass is 10.0. The first-order valence-electron chi connectivity index (χ1n) is 10.1. The minimum atomic E-state index is -0.250. The molecule has 0 saturated heterocycles. The van der Waals surface area contributed by atoms with Gasteiger partial charge < -0.3 is 10.1 Å². The lowest BCUT2D eigenvalue weighted by Gasteiger charge is -2.15. The van der Waals surface area contributed by atoms with E-state index in [2.05, 4.69) is 23.5 Å². The van der Waals surface area contributed by atoms with E-state index in [0.29, 0.717) is 23.2 Å². The first-order chi connectivity index (χ1) is 15.1. The lowest BCUT2D eigenvalue weighted by Crippen LogP contribution is -2.17. The zero-order valence-electron chi connectivity index (χ0n) is 16.9. The molecular formula is C26H22Cl2FNO. The summed E-state index contributed by atoms with van der Waals surface area (Å²) in [6.45, 7) is 1.80. The number of benzene rings is 4. The Bertz CT molecular complexity index is 1180. The Labute approximate surface area is 191 Å². The summed E-state index contributed by atoms with van der Waals surface area (Å²) in [4.78, 5) is 0. The predicted octanol–water partition coefficient (Wildman–Crippen LogP) is 7.20. The molecule has 0 unspecified atom stereocenters. The van der Waals surface area contributed by atoms with Crippen molar-refractivity contribution >= 4 is 34.0 Å². The molecular weight excluding hydrogens is 432 g/mol. The van der Waals surface area contributed by atoms with Crippen LogP contribution in [0.2, 0.25) is 10.0 Å². The van der Waals surface area contributed by atoms with Crippen LogP contribution in [0, 0.1) is 5.82 Å². The predicted molar refractivity (Wildman–Crippen MR) is 127 cm³/mol. The molecule has 4 rings (SSSR count). The van der Waals surface area contributed by atoms with Gasteiger partial charge in [-0.2, -0.15) is 0 Å². The summed E-state index contributed by atoms with van der Waals surface area (Å²) in [6, 6.07) is 24.3. The van der Waals surface area contributed by atoms with E-state index in [1.807, 2.05) is 30.3 Å². The maximum atomic E-state index is 13.2.